The van der Waals surface area contributed by atoms with Crippen molar-refractivity contribution in [2.75, 3.05) is 19.8 Å². The highest BCUT2D eigenvalue weighted by Gasteiger charge is 2.27. The van der Waals surface area contributed by atoms with E-state index >= 15 is 0 Å². The first-order valence-electron chi connectivity index (χ1n) is 6.86. The molecule has 114 valence electrons. The summed E-state index contributed by atoms with van der Waals surface area (Å²) >= 11 is 7.37. The van der Waals surface area contributed by atoms with Crippen LogP contribution < -0.4 is 0 Å². The third-order valence-electron chi connectivity index (χ3n) is 3.60. The Morgan fingerprint density at radius 3 is 3.19 bits per heavy atom. The van der Waals surface area contributed by atoms with E-state index in [2.05, 4.69) is 9.88 Å². The van der Waals surface area contributed by atoms with Crippen molar-refractivity contribution >= 4 is 22.9 Å². The molecule has 2 unspecified atom stereocenters. The summed E-state index contributed by atoms with van der Waals surface area (Å²) in [5, 5.41) is 10.2. The Labute approximate surface area is 132 Å². The number of morpholine rings is 1. The van der Waals surface area contributed by atoms with E-state index in [9.17, 15) is 5.11 Å². The minimum atomic E-state index is -0.612. The van der Waals surface area contributed by atoms with Crippen LogP contribution >= 0.6 is 22.9 Å². The number of rotatable bonds is 5. The van der Waals surface area contributed by atoms with Gasteiger partial charge in [-0.05, 0) is 18.6 Å². The maximum Gasteiger partial charge on any atom is 0.183 e. The van der Waals surface area contributed by atoms with Gasteiger partial charge in [0.25, 0.3) is 0 Å². The van der Waals surface area contributed by atoms with Gasteiger partial charge in [-0.25, -0.2) is 4.98 Å². The average molecular weight is 329 g/mol. The van der Waals surface area contributed by atoms with Crippen molar-refractivity contribution in [2.24, 2.45) is 0 Å². The van der Waals surface area contributed by atoms with Crippen LogP contribution in [0.1, 0.15) is 23.2 Å². The third-order valence-corrected chi connectivity index (χ3v) is 4.70. The fourth-order valence-electron chi connectivity index (χ4n) is 2.53. The number of halogens is 1. The monoisotopic (exact) mass is 328 g/mol. The summed E-state index contributed by atoms with van der Waals surface area (Å²) in [6.07, 6.45) is 3.36. The smallest absolute Gasteiger partial charge is 0.183 e. The maximum absolute atomic E-state index is 10.2. The minimum Gasteiger partial charge on any atom is -0.467 e. The van der Waals surface area contributed by atoms with Crippen molar-refractivity contribution in [3.63, 3.8) is 0 Å². The molecule has 3 heterocycles. The molecule has 2 atom stereocenters. The average Bonchev–Trinajstić information content (AvgIpc) is 3.13. The molecule has 2 aromatic rings. The Morgan fingerprint density at radius 2 is 2.48 bits per heavy atom. The first kappa shape index (κ1) is 15.0. The van der Waals surface area contributed by atoms with Crippen molar-refractivity contribution < 1.29 is 14.3 Å². The van der Waals surface area contributed by atoms with Gasteiger partial charge in [-0.3, -0.25) is 4.90 Å². The van der Waals surface area contributed by atoms with Gasteiger partial charge in [-0.15, -0.1) is 11.3 Å². The van der Waals surface area contributed by atoms with Gasteiger partial charge in [0, 0.05) is 30.2 Å². The van der Waals surface area contributed by atoms with Gasteiger partial charge in [0.1, 0.15) is 11.9 Å². The molecular formula is C14H17ClN2O3S. The molecule has 1 fully saturated rings. The van der Waals surface area contributed by atoms with Gasteiger partial charge >= 0.3 is 0 Å². The fourth-order valence-corrected chi connectivity index (χ4v) is 3.53. The van der Waals surface area contributed by atoms with E-state index in [-0.39, 0.29) is 6.04 Å². The first-order valence-corrected chi connectivity index (χ1v) is 8.05. The highest BCUT2D eigenvalue weighted by molar-refractivity contribution is 7.15. The molecular weight excluding hydrogens is 312 g/mol. The van der Waals surface area contributed by atoms with Gasteiger partial charge in [-0.2, -0.15) is 0 Å². The lowest BCUT2D eigenvalue weighted by atomic mass is 10.1. The standard InChI is InChI=1S/C14H17ClN2O3S/c15-14-16-7-11(21-14)8-17-3-5-19-9-10(17)6-12(18)13-2-1-4-20-13/h1-2,4,7,10,12,18H,3,5-6,8-9H2. The van der Waals surface area contributed by atoms with Crippen molar-refractivity contribution in [3.05, 3.63) is 39.7 Å². The Morgan fingerprint density at radius 1 is 1.57 bits per heavy atom. The molecule has 3 rings (SSSR count). The molecule has 0 aromatic carbocycles. The number of hydrogen-bond acceptors (Lipinski definition) is 6. The van der Waals surface area contributed by atoms with Crippen LogP contribution in [0.3, 0.4) is 0 Å². The van der Waals surface area contributed by atoms with Crippen LogP contribution in [0.2, 0.25) is 4.47 Å². The van der Waals surface area contributed by atoms with Crippen molar-refractivity contribution in [3.8, 4) is 0 Å². The summed E-state index contributed by atoms with van der Waals surface area (Å²) in [7, 11) is 0. The summed E-state index contributed by atoms with van der Waals surface area (Å²) in [6.45, 7) is 2.94. The summed E-state index contributed by atoms with van der Waals surface area (Å²) < 4.78 is 11.4. The zero-order chi connectivity index (χ0) is 14.7. The lowest BCUT2D eigenvalue weighted by Crippen LogP contribution is -2.45. The SMILES string of the molecule is OC(CC1COCCN1Cc1cnc(Cl)s1)c1ccco1. The van der Waals surface area contributed by atoms with Crippen LogP contribution in [0.25, 0.3) is 0 Å². The van der Waals surface area contributed by atoms with Gasteiger partial charge in [0.15, 0.2) is 4.47 Å². The second-order valence-corrected chi connectivity index (χ2v) is 6.74. The highest BCUT2D eigenvalue weighted by Crippen LogP contribution is 2.26. The molecule has 7 heteroatoms. The van der Waals surface area contributed by atoms with Crippen LogP contribution in [0, 0.1) is 0 Å². The molecule has 1 saturated heterocycles. The number of ether oxygens (including phenoxy) is 1. The van der Waals surface area contributed by atoms with E-state index in [1.165, 1.54) is 11.3 Å². The number of hydrogen-bond donors (Lipinski definition) is 1. The van der Waals surface area contributed by atoms with Crippen LogP contribution in [-0.4, -0.2) is 40.8 Å². The molecule has 1 aliphatic heterocycles. The van der Waals surface area contributed by atoms with E-state index in [0.717, 1.165) is 18.0 Å². The van der Waals surface area contributed by atoms with E-state index in [1.54, 1.807) is 18.4 Å². The predicted octanol–water partition coefficient (Wildman–Crippen LogP) is 2.71. The molecule has 1 aliphatic rings. The van der Waals surface area contributed by atoms with Crippen molar-refractivity contribution in [1.29, 1.82) is 0 Å². The third kappa shape index (κ3) is 3.84. The van der Waals surface area contributed by atoms with Gasteiger partial charge in [-0.1, -0.05) is 11.6 Å². The molecule has 0 amide bonds. The van der Waals surface area contributed by atoms with E-state index in [4.69, 9.17) is 20.8 Å². The Balaban J connectivity index is 1.63. The summed E-state index contributed by atoms with van der Waals surface area (Å²) in [5.74, 6) is 0.598. The number of furan rings is 1. The Hall–Kier alpha value is -0.920. The predicted molar refractivity (Wildman–Crippen MR) is 80.4 cm³/mol. The molecule has 2 aromatic heterocycles. The maximum atomic E-state index is 10.2. The summed E-state index contributed by atoms with van der Waals surface area (Å²) in [4.78, 5) is 7.50. The topological polar surface area (TPSA) is 58.7 Å². The Bertz CT molecular complexity index is 560. The number of aromatic nitrogens is 1. The van der Waals surface area contributed by atoms with E-state index < -0.39 is 6.10 Å². The lowest BCUT2D eigenvalue weighted by Gasteiger charge is -2.36. The molecule has 0 aliphatic carbocycles. The largest absolute Gasteiger partial charge is 0.467 e. The first-order chi connectivity index (χ1) is 10.2. The van der Waals surface area contributed by atoms with Gasteiger partial charge in [0.05, 0.1) is 19.5 Å². The number of thiazole rings is 1. The molecule has 0 bridgehead atoms. The Kier molecular flexibility index (Phi) is 4.92. The lowest BCUT2D eigenvalue weighted by molar-refractivity contribution is -0.0319. The second kappa shape index (κ2) is 6.89. The zero-order valence-corrected chi connectivity index (χ0v) is 13.0. The molecule has 0 saturated carbocycles. The van der Waals surface area contributed by atoms with E-state index in [1.807, 2.05) is 6.20 Å². The molecule has 0 radical (unpaired) electrons. The van der Waals surface area contributed by atoms with Gasteiger partial charge < -0.3 is 14.3 Å². The normalized spacial score (nSPS) is 21.5. The number of aliphatic hydroxyl groups excluding tert-OH is 1. The fraction of sp³-hybridized carbons (Fsp3) is 0.500. The van der Waals surface area contributed by atoms with Crippen LogP contribution in [0.5, 0.6) is 0 Å². The quantitative estimate of drug-likeness (QED) is 0.914. The molecule has 0 spiro atoms. The highest BCUT2D eigenvalue weighted by atomic mass is 35.5. The van der Waals surface area contributed by atoms with Crippen LogP contribution in [0.4, 0.5) is 0 Å². The van der Waals surface area contributed by atoms with Crippen LogP contribution in [-0.2, 0) is 11.3 Å². The van der Waals surface area contributed by atoms with Crippen molar-refractivity contribution in [2.45, 2.75) is 25.1 Å². The number of aliphatic hydroxyl groups is 1. The minimum absolute atomic E-state index is 0.153. The van der Waals surface area contributed by atoms with Crippen LogP contribution in [0.15, 0.2) is 29.0 Å². The molecule has 21 heavy (non-hydrogen) atoms. The zero-order valence-electron chi connectivity index (χ0n) is 11.4. The number of nitrogens with zero attached hydrogens (tertiary/aromatic N) is 2. The molecule has 5 nitrogen and oxygen atoms in total. The molecule has 1 N–H and O–H groups in total. The summed E-state index contributed by atoms with van der Waals surface area (Å²) in [5.41, 5.74) is 0. The second-order valence-electron chi connectivity index (χ2n) is 5.05. The van der Waals surface area contributed by atoms with Gasteiger partial charge in [0.2, 0.25) is 0 Å². The van der Waals surface area contributed by atoms with E-state index in [0.29, 0.717) is 29.9 Å². The summed E-state index contributed by atoms with van der Waals surface area (Å²) in [6, 6.07) is 3.73. The van der Waals surface area contributed by atoms with Crippen molar-refractivity contribution in [1.82, 2.24) is 9.88 Å².